The third-order valence-corrected chi connectivity index (χ3v) is 3.78. The summed E-state index contributed by atoms with van der Waals surface area (Å²) in [7, 11) is 0. The molecule has 0 aromatic heterocycles. The SMILES string of the molecule is CCC(CC)CN(CC)C(=O)c1ccc(N)cc1C. The van der Waals surface area contributed by atoms with Gasteiger partial charge in [-0.05, 0) is 43.5 Å². The van der Waals surface area contributed by atoms with Crippen LogP contribution in [-0.4, -0.2) is 23.9 Å². The number of nitrogens with zero attached hydrogens (tertiary/aromatic N) is 1. The van der Waals surface area contributed by atoms with Crippen molar-refractivity contribution in [3.05, 3.63) is 29.3 Å². The smallest absolute Gasteiger partial charge is 0.254 e. The molecule has 0 fully saturated rings. The number of rotatable bonds is 6. The molecule has 1 amide bonds. The first-order valence-electron chi connectivity index (χ1n) is 7.18. The molecule has 106 valence electrons. The Labute approximate surface area is 116 Å². The summed E-state index contributed by atoms with van der Waals surface area (Å²) in [6, 6.07) is 5.49. The second-order valence-corrected chi connectivity index (χ2v) is 5.10. The van der Waals surface area contributed by atoms with E-state index in [1.807, 2.05) is 30.9 Å². The van der Waals surface area contributed by atoms with Crippen LogP contribution in [0.3, 0.4) is 0 Å². The van der Waals surface area contributed by atoms with E-state index >= 15 is 0 Å². The zero-order valence-electron chi connectivity index (χ0n) is 12.6. The Bertz CT molecular complexity index is 425. The molecule has 2 N–H and O–H groups in total. The number of nitrogen functional groups attached to an aromatic ring is 1. The molecule has 0 aliphatic heterocycles. The van der Waals surface area contributed by atoms with Gasteiger partial charge in [0, 0.05) is 24.3 Å². The van der Waals surface area contributed by atoms with Gasteiger partial charge < -0.3 is 10.6 Å². The van der Waals surface area contributed by atoms with Gasteiger partial charge in [-0.3, -0.25) is 4.79 Å². The van der Waals surface area contributed by atoms with Crippen LogP contribution in [0.15, 0.2) is 18.2 Å². The van der Waals surface area contributed by atoms with E-state index in [0.29, 0.717) is 11.6 Å². The quantitative estimate of drug-likeness (QED) is 0.798. The Morgan fingerprint density at radius 3 is 2.37 bits per heavy atom. The molecule has 19 heavy (non-hydrogen) atoms. The normalized spacial score (nSPS) is 10.8. The van der Waals surface area contributed by atoms with Crippen LogP contribution in [0.5, 0.6) is 0 Å². The Morgan fingerprint density at radius 2 is 1.89 bits per heavy atom. The van der Waals surface area contributed by atoms with Gasteiger partial charge in [0.15, 0.2) is 0 Å². The molecule has 0 atom stereocenters. The zero-order chi connectivity index (χ0) is 14.4. The van der Waals surface area contributed by atoms with E-state index < -0.39 is 0 Å². The van der Waals surface area contributed by atoms with E-state index in [9.17, 15) is 4.79 Å². The second kappa shape index (κ2) is 7.17. The van der Waals surface area contributed by atoms with Crippen LogP contribution in [0, 0.1) is 12.8 Å². The summed E-state index contributed by atoms with van der Waals surface area (Å²) in [6.45, 7) is 9.93. The maximum Gasteiger partial charge on any atom is 0.254 e. The van der Waals surface area contributed by atoms with Gasteiger partial charge in [0.05, 0.1) is 0 Å². The average Bonchev–Trinajstić information content (AvgIpc) is 2.39. The molecule has 0 unspecified atom stereocenters. The largest absolute Gasteiger partial charge is 0.399 e. The van der Waals surface area contributed by atoms with E-state index in [0.717, 1.165) is 37.1 Å². The average molecular weight is 262 g/mol. The number of carbonyl (C=O) groups is 1. The molecule has 1 rings (SSSR count). The number of hydrogen-bond acceptors (Lipinski definition) is 2. The highest BCUT2D eigenvalue weighted by Gasteiger charge is 2.18. The highest BCUT2D eigenvalue weighted by atomic mass is 16.2. The van der Waals surface area contributed by atoms with Gasteiger partial charge in [0.25, 0.3) is 5.91 Å². The van der Waals surface area contributed by atoms with E-state index in [-0.39, 0.29) is 5.91 Å². The Morgan fingerprint density at radius 1 is 1.26 bits per heavy atom. The number of benzene rings is 1. The molecule has 3 heteroatoms. The van der Waals surface area contributed by atoms with E-state index in [4.69, 9.17) is 5.73 Å². The van der Waals surface area contributed by atoms with Crippen molar-refractivity contribution in [1.82, 2.24) is 4.90 Å². The maximum absolute atomic E-state index is 12.6. The second-order valence-electron chi connectivity index (χ2n) is 5.10. The maximum atomic E-state index is 12.6. The van der Waals surface area contributed by atoms with Crippen LogP contribution >= 0.6 is 0 Å². The first kappa shape index (κ1) is 15.5. The molecule has 0 saturated carbocycles. The van der Waals surface area contributed by atoms with Crippen LogP contribution in [-0.2, 0) is 0 Å². The number of amides is 1. The lowest BCUT2D eigenvalue weighted by Crippen LogP contribution is -2.35. The molecule has 0 aliphatic rings. The minimum absolute atomic E-state index is 0.118. The van der Waals surface area contributed by atoms with Crippen molar-refractivity contribution >= 4 is 11.6 Å². The number of hydrogen-bond donors (Lipinski definition) is 1. The van der Waals surface area contributed by atoms with Crippen molar-refractivity contribution in [2.45, 2.75) is 40.5 Å². The number of anilines is 1. The summed E-state index contributed by atoms with van der Waals surface area (Å²) < 4.78 is 0. The lowest BCUT2D eigenvalue weighted by Gasteiger charge is -2.26. The predicted octanol–water partition coefficient (Wildman–Crippen LogP) is 3.48. The molecule has 0 bridgehead atoms. The molecule has 0 heterocycles. The molecule has 0 aliphatic carbocycles. The van der Waals surface area contributed by atoms with E-state index in [1.54, 1.807) is 6.07 Å². The lowest BCUT2D eigenvalue weighted by molar-refractivity contribution is 0.0734. The van der Waals surface area contributed by atoms with Crippen molar-refractivity contribution in [3.8, 4) is 0 Å². The van der Waals surface area contributed by atoms with Crippen LogP contribution in [0.1, 0.15) is 49.5 Å². The number of carbonyl (C=O) groups excluding carboxylic acids is 1. The first-order chi connectivity index (χ1) is 9.03. The highest BCUT2D eigenvalue weighted by molar-refractivity contribution is 5.96. The zero-order valence-corrected chi connectivity index (χ0v) is 12.6. The van der Waals surface area contributed by atoms with Gasteiger partial charge in [0.1, 0.15) is 0 Å². The van der Waals surface area contributed by atoms with Crippen molar-refractivity contribution in [1.29, 1.82) is 0 Å². The van der Waals surface area contributed by atoms with Crippen molar-refractivity contribution in [3.63, 3.8) is 0 Å². The van der Waals surface area contributed by atoms with Gasteiger partial charge in [-0.1, -0.05) is 26.7 Å². The van der Waals surface area contributed by atoms with Gasteiger partial charge in [-0.2, -0.15) is 0 Å². The molecule has 1 aromatic carbocycles. The summed E-state index contributed by atoms with van der Waals surface area (Å²) in [5.41, 5.74) is 8.16. The fourth-order valence-corrected chi connectivity index (χ4v) is 2.31. The monoisotopic (exact) mass is 262 g/mol. The summed E-state index contributed by atoms with van der Waals surface area (Å²) in [6.07, 6.45) is 2.22. The minimum Gasteiger partial charge on any atom is -0.399 e. The number of aryl methyl sites for hydroxylation is 1. The summed E-state index contributed by atoms with van der Waals surface area (Å²) in [5, 5.41) is 0. The standard InChI is InChI=1S/C16H26N2O/c1-5-13(6-2)11-18(7-3)16(19)15-9-8-14(17)10-12(15)4/h8-10,13H,5-7,11,17H2,1-4H3. The van der Waals surface area contributed by atoms with Crippen molar-refractivity contribution in [2.24, 2.45) is 5.92 Å². The third kappa shape index (κ3) is 3.98. The fourth-order valence-electron chi connectivity index (χ4n) is 2.31. The fraction of sp³-hybridized carbons (Fsp3) is 0.562. The summed E-state index contributed by atoms with van der Waals surface area (Å²) in [4.78, 5) is 14.5. The molecule has 0 spiro atoms. The van der Waals surface area contributed by atoms with Crippen LogP contribution in [0.2, 0.25) is 0 Å². The van der Waals surface area contributed by atoms with E-state index in [1.165, 1.54) is 0 Å². The number of nitrogens with two attached hydrogens (primary N) is 1. The van der Waals surface area contributed by atoms with Gasteiger partial charge in [-0.25, -0.2) is 0 Å². The van der Waals surface area contributed by atoms with Gasteiger partial charge >= 0.3 is 0 Å². The summed E-state index contributed by atoms with van der Waals surface area (Å²) in [5.74, 6) is 0.699. The van der Waals surface area contributed by atoms with E-state index in [2.05, 4.69) is 13.8 Å². The molecule has 0 radical (unpaired) electrons. The van der Waals surface area contributed by atoms with Gasteiger partial charge in [-0.15, -0.1) is 0 Å². The molecular formula is C16H26N2O. The van der Waals surface area contributed by atoms with Crippen LogP contribution < -0.4 is 5.73 Å². The first-order valence-corrected chi connectivity index (χ1v) is 7.18. The summed E-state index contributed by atoms with van der Waals surface area (Å²) >= 11 is 0. The molecular weight excluding hydrogens is 236 g/mol. The van der Waals surface area contributed by atoms with Crippen molar-refractivity contribution in [2.75, 3.05) is 18.8 Å². The van der Waals surface area contributed by atoms with Crippen LogP contribution in [0.25, 0.3) is 0 Å². The molecule has 1 aromatic rings. The Balaban J connectivity index is 2.89. The molecule has 0 saturated heterocycles. The Hall–Kier alpha value is -1.51. The third-order valence-electron chi connectivity index (χ3n) is 3.78. The van der Waals surface area contributed by atoms with Gasteiger partial charge in [0.2, 0.25) is 0 Å². The molecule has 3 nitrogen and oxygen atoms in total. The Kier molecular flexibility index (Phi) is 5.87. The topological polar surface area (TPSA) is 46.3 Å². The highest BCUT2D eigenvalue weighted by Crippen LogP contribution is 2.17. The van der Waals surface area contributed by atoms with Crippen LogP contribution in [0.4, 0.5) is 5.69 Å². The van der Waals surface area contributed by atoms with Crippen molar-refractivity contribution < 1.29 is 4.79 Å². The predicted molar refractivity (Wildman–Crippen MR) is 81.2 cm³/mol. The minimum atomic E-state index is 0.118. The lowest BCUT2D eigenvalue weighted by atomic mass is 10.0.